The summed E-state index contributed by atoms with van der Waals surface area (Å²) in [7, 11) is 0. The summed E-state index contributed by atoms with van der Waals surface area (Å²) < 4.78 is 0. The van der Waals surface area contributed by atoms with Gasteiger partial charge in [-0.3, -0.25) is 9.59 Å². The molecule has 3 rings (SSSR count). The van der Waals surface area contributed by atoms with Gasteiger partial charge in [-0.15, -0.1) is 0 Å². The number of nitrogens with one attached hydrogen (secondary N) is 2. The molecule has 2 amide bonds. The smallest absolute Gasteiger partial charge is 0.228 e. The summed E-state index contributed by atoms with van der Waals surface area (Å²) in [5, 5.41) is 6.00. The fourth-order valence-electron chi connectivity index (χ4n) is 3.20. The fourth-order valence-corrected chi connectivity index (χ4v) is 3.20. The molecule has 1 fully saturated rings. The third-order valence-electron chi connectivity index (χ3n) is 4.42. The predicted molar refractivity (Wildman–Crippen MR) is 93.6 cm³/mol. The van der Waals surface area contributed by atoms with E-state index in [2.05, 4.69) is 10.6 Å². The molecular formula is C20H22N2O2. The molecule has 2 N–H and O–H groups in total. The lowest BCUT2D eigenvalue weighted by Gasteiger charge is -2.27. The van der Waals surface area contributed by atoms with Crippen molar-refractivity contribution in [3.05, 3.63) is 71.8 Å². The molecule has 0 bridgehead atoms. The van der Waals surface area contributed by atoms with Gasteiger partial charge in [0.2, 0.25) is 11.8 Å². The van der Waals surface area contributed by atoms with E-state index in [0.29, 0.717) is 13.1 Å². The van der Waals surface area contributed by atoms with Gasteiger partial charge in [0.1, 0.15) is 0 Å². The van der Waals surface area contributed by atoms with Gasteiger partial charge in [-0.1, -0.05) is 60.7 Å². The first-order valence-electron chi connectivity index (χ1n) is 8.42. The quantitative estimate of drug-likeness (QED) is 0.893. The van der Waals surface area contributed by atoms with Crippen LogP contribution in [-0.4, -0.2) is 24.9 Å². The molecule has 4 nitrogen and oxygen atoms in total. The molecule has 2 atom stereocenters. The van der Waals surface area contributed by atoms with E-state index in [1.54, 1.807) is 0 Å². The second-order valence-electron chi connectivity index (χ2n) is 6.07. The van der Waals surface area contributed by atoms with Crippen LogP contribution in [0.3, 0.4) is 0 Å². The minimum atomic E-state index is -0.535. The Kier molecular flexibility index (Phi) is 5.26. The first-order valence-corrected chi connectivity index (χ1v) is 8.42. The van der Waals surface area contributed by atoms with Crippen molar-refractivity contribution in [2.24, 2.45) is 0 Å². The van der Waals surface area contributed by atoms with Crippen molar-refractivity contribution in [1.82, 2.24) is 10.6 Å². The van der Waals surface area contributed by atoms with Gasteiger partial charge in [-0.25, -0.2) is 0 Å². The Balaban J connectivity index is 2.06. The average molecular weight is 322 g/mol. The largest absolute Gasteiger partial charge is 0.356 e. The standard InChI is InChI=1S/C20H22N2O2/c23-19-17(15-9-3-1-4-10-15)18(16-11-5-2-6-12-16)20(24)22-14-8-7-13-21-19/h1-6,9-12,17-18H,7-8,13-14H2,(H,21,23)(H,22,24)/t17-,18?/m0/s1. The van der Waals surface area contributed by atoms with Crippen LogP contribution in [0.2, 0.25) is 0 Å². The Labute approximate surface area is 142 Å². The van der Waals surface area contributed by atoms with Crippen molar-refractivity contribution in [3.8, 4) is 0 Å². The zero-order chi connectivity index (χ0) is 16.8. The van der Waals surface area contributed by atoms with Gasteiger partial charge in [0.15, 0.2) is 0 Å². The van der Waals surface area contributed by atoms with Gasteiger partial charge in [0.05, 0.1) is 11.8 Å². The van der Waals surface area contributed by atoms with E-state index in [4.69, 9.17) is 0 Å². The topological polar surface area (TPSA) is 58.2 Å². The molecular weight excluding hydrogens is 300 g/mol. The molecule has 124 valence electrons. The number of carbonyl (C=O) groups is 2. The monoisotopic (exact) mass is 322 g/mol. The average Bonchev–Trinajstić information content (AvgIpc) is 2.63. The van der Waals surface area contributed by atoms with Gasteiger partial charge in [0.25, 0.3) is 0 Å². The second kappa shape index (κ2) is 7.77. The van der Waals surface area contributed by atoms with E-state index in [-0.39, 0.29) is 11.8 Å². The van der Waals surface area contributed by atoms with E-state index in [1.165, 1.54) is 0 Å². The van der Waals surface area contributed by atoms with Crippen LogP contribution >= 0.6 is 0 Å². The third kappa shape index (κ3) is 3.65. The number of carbonyl (C=O) groups excluding carboxylic acids is 2. The first kappa shape index (κ1) is 16.2. The lowest BCUT2D eigenvalue weighted by Crippen LogP contribution is -2.41. The number of hydrogen-bond acceptors (Lipinski definition) is 2. The van der Waals surface area contributed by atoms with Crippen LogP contribution in [0, 0.1) is 0 Å². The van der Waals surface area contributed by atoms with E-state index < -0.39 is 11.8 Å². The van der Waals surface area contributed by atoms with Crippen LogP contribution in [0.4, 0.5) is 0 Å². The van der Waals surface area contributed by atoms with Crippen molar-refractivity contribution in [2.45, 2.75) is 24.7 Å². The molecule has 0 aliphatic carbocycles. The Morgan fingerprint density at radius 1 is 0.625 bits per heavy atom. The zero-order valence-electron chi connectivity index (χ0n) is 13.6. The maximum atomic E-state index is 12.9. The summed E-state index contributed by atoms with van der Waals surface area (Å²) in [4.78, 5) is 25.7. The summed E-state index contributed by atoms with van der Waals surface area (Å²) >= 11 is 0. The van der Waals surface area contributed by atoms with Gasteiger partial charge < -0.3 is 10.6 Å². The summed E-state index contributed by atoms with van der Waals surface area (Å²) in [6.45, 7) is 1.28. The number of benzene rings is 2. The number of amides is 2. The minimum Gasteiger partial charge on any atom is -0.356 e. The highest BCUT2D eigenvalue weighted by atomic mass is 16.2. The molecule has 0 spiro atoms. The summed E-state index contributed by atoms with van der Waals surface area (Å²) in [5.74, 6) is -1.25. The van der Waals surface area contributed by atoms with Gasteiger partial charge in [0, 0.05) is 13.1 Å². The van der Waals surface area contributed by atoms with Crippen molar-refractivity contribution >= 4 is 11.8 Å². The lowest BCUT2D eigenvalue weighted by molar-refractivity contribution is -0.129. The summed E-state index contributed by atoms with van der Waals surface area (Å²) in [6, 6.07) is 19.1. The molecule has 24 heavy (non-hydrogen) atoms. The molecule has 2 aromatic rings. The molecule has 0 saturated carbocycles. The van der Waals surface area contributed by atoms with Crippen LogP contribution in [0.1, 0.15) is 35.8 Å². The number of hydrogen-bond donors (Lipinski definition) is 2. The van der Waals surface area contributed by atoms with Crippen LogP contribution in [0.5, 0.6) is 0 Å². The molecule has 4 heteroatoms. The van der Waals surface area contributed by atoms with Gasteiger partial charge >= 0.3 is 0 Å². The first-order chi connectivity index (χ1) is 11.8. The van der Waals surface area contributed by atoms with Gasteiger partial charge in [-0.2, -0.15) is 0 Å². The van der Waals surface area contributed by atoms with Crippen molar-refractivity contribution in [1.29, 1.82) is 0 Å². The van der Waals surface area contributed by atoms with Crippen molar-refractivity contribution in [2.75, 3.05) is 13.1 Å². The van der Waals surface area contributed by atoms with E-state index in [9.17, 15) is 9.59 Å². The Morgan fingerprint density at radius 3 is 1.38 bits per heavy atom. The van der Waals surface area contributed by atoms with Crippen LogP contribution < -0.4 is 10.6 Å². The molecule has 1 aliphatic rings. The Morgan fingerprint density at radius 2 is 1.00 bits per heavy atom. The molecule has 1 unspecified atom stereocenters. The second-order valence-corrected chi connectivity index (χ2v) is 6.07. The van der Waals surface area contributed by atoms with Crippen molar-refractivity contribution in [3.63, 3.8) is 0 Å². The Bertz CT molecular complexity index is 624. The van der Waals surface area contributed by atoms with Crippen LogP contribution in [0.15, 0.2) is 60.7 Å². The highest BCUT2D eigenvalue weighted by Crippen LogP contribution is 2.34. The van der Waals surface area contributed by atoms with Gasteiger partial charge in [-0.05, 0) is 24.0 Å². The molecule has 1 saturated heterocycles. The minimum absolute atomic E-state index is 0.0906. The molecule has 2 aromatic carbocycles. The Hall–Kier alpha value is -2.62. The molecule has 0 radical (unpaired) electrons. The maximum Gasteiger partial charge on any atom is 0.228 e. The zero-order valence-corrected chi connectivity index (χ0v) is 13.6. The SMILES string of the molecule is O=C1NCCCCNC(=O)[C@@H](c2ccccc2)C1c1ccccc1. The van der Waals surface area contributed by atoms with E-state index >= 15 is 0 Å². The third-order valence-corrected chi connectivity index (χ3v) is 4.42. The maximum absolute atomic E-state index is 12.9. The van der Waals surface area contributed by atoms with Crippen LogP contribution in [-0.2, 0) is 9.59 Å². The molecule has 1 heterocycles. The highest BCUT2D eigenvalue weighted by Gasteiger charge is 2.36. The lowest BCUT2D eigenvalue weighted by atomic mass is 9.80. The van der Waals surface area contributed by atoms with Crippen LogP contribution in [0.25, 0.3) is 0 Å². The normalized spacial score (nSPS) is 22.3. The summed E-state index contributed by atoms with van der Waals surface area (Å²) in [5.41, 5.74) is 1.72. The fraction of sp³-hybridized carbons (Fsp3) is 0.300. The van der Waals surface area contributed by atoms with E-state index in [1.807, 2.05) is 60.7 Å². The highest BCUT2D eigenvalue weighted by molar-refractivity contribution is 5.94. The molecule has 0 aromatic heterocycles. The predicted octanol–water partition coefficient (Wildman–Crippen LogP) is 2.58. The molecule has 1 aliphatic heterocycles. The summed E-state index contributed by atoms with van der Waals surface area (Å²) in [6.07, 6.45) is 1.73. The van der Waals surface area contributed by atoms with E-state index in [0.717, 1.165) is 24.0 Å². The van der Waals surface area contributed by atoms with Crippen molar-refractivity contribution < 1.29 is 9.59 Å². The number of rotatable bonds is 2.